The van der Waals surface area contributed by atoms with Crippen molar-refractivity contribution in [3.63, 3.8) is 0 Å². The van der Waals surface area contributed by atoms with Gasteiger partial charge in [0.25, 0.3) is 0 Å². The average molecular weight is 267 g/mol. The summed E-state index contributed by atoms with van der Waals surface area (Å²) >= 11 is 0. The van der Waals surface area contributed by atoms with Crippen molar-refractivity contribution in [3.8, 4) is 0 Å². The van der Waals surface area contributed by atoms with E-state index in [1.165, 1.54) is 0 Å². The Hall–Kier alpha value is -1.10. The van der Waals surface area contributed by atoms with Gasteiger partial charge in [-0.25, -0.2) is 0 Å². The summed E-state index contributed by atoms with van der Waals surface area (Å²) in [6, 6.07) is -0.120. The van der Waals surface area contributed by atoms with Crippen molar-refractivity contribution in [1.82, 2.24) is 16.0 Å². The predicted octanol–water partition coefficient (Wildman–Crippen LogP) is 0.692. The highest BCUT2D eigenvalue weighted by atomic mass is 16.2. The van der Waals surface area contributed by atoms with E-state index in [0.29, 0.717) is 6.04 Å². The topological polar surface area (TPSA) is 70.2 Å². The SMILES string of the molecule is CCCC1(C(=O)NC(C)C(=O)NC2CC2)CCCN1. The van der Waals surface area contributed by atoms with Gasteiger partial charge in [0.05, 0.1) is 5.54 Å². The van der Waals surface area contributed by atoms with Crippen molar-refractivity contribution in [2.75, 3.05) is 6.54 Å². The van der Waals surface area contributed by atoms with E-state index in [2.05, 4.69) is 22.9 Å². The largest absolute Gasteiger partial charge is 0.352 e. The summed E-state index contributed by atoms with van der Waals surface area (Å²) in [5.41, 5.74) is -0.455. The van der Waals surface area contributed by atoms with E-state index < -0.39 is 11.6 Å². The minimum Gasteiger partial charge on any atom is -0.352 e. The monoisotopic (exact) mass is 267 g/mol. The summed E-state index contributed by atoms with van der Waals surface area (Å²) in [6.07, 6.45) is 5.81. The predicted molar refractivity (Wildman–Crippen MR) is 73.6 cm³/mol. The smallest absolute Gasteiger partial charge is 0.242 e. The van der Waals surface area contributed by atoms with Crippen LogP contribution in [0.4, 0.5) is 0 Å². The molecular formula is C14H25N3O2. The molecule has 0 aromatic carbocycles. The molecule has 2 aliphatic rings. The highest BCUT2D eigenvalue weighted by Gasteiger charge is 2.41. The molecule has 1 saturated carbocycles. The number of hydrogen-bond acceptors (Lipinski definition) is 3. The van der Waals surface area contributed by atoms with Gasteiger partial charge in [0.2, 0.25) is 11.8 Å². The number of nitrogens with one attached hydrogen (secondary N) is 3. The van der Waals surface area contributed by atoms with Crippen LogP contribution in [0, 0.1) is 0 Å². The maximum absolute atomic E-state index is 12.4. The number of carbonyl (C=O) groups excluding carboxylic acids is 2. The molecule has 1 aliphatic heterocycles. The lowest BCUT2D eigenvalue weighted by molar-refractivity contribution is -0.132. The van der Waals surface area contributed by atoms with Crippen LogP contribution in [0.2, 0.25) is 0 Å². The van der Waals surface area contributed by atoms with Gasteiger partial charge in [-0.05, 0) is 45.6 Å². The van der Waals surface area contributed by atoms with Crippen LogP contribution in [0.5, 0.6) is 0 Å². The second-order valence-electron chi connectivity index (χ2n) is 5.84. The second kappa shape index (κ2) is 5.90. The van der Waals surface area contributed by atoms with Crippen LogP contribution < -0.4 is 16.0 Å². The molecule has 0 bridgehead atoms. The van der Waals surface area contributed by atoms with Crippen LogP contribution in [-0.4, -0.2) is 36.0 Å². The maximum atomic E-state index is 12.4. The molecule has 19 heavy (non-hydrogen) atoms. The minimum absolute atomic E-state index is 0.0229. The van der Waals surface area contributed by atoms with Gasteiger partial charge in [0.1, 0.15) is 6.04 Å². The van der Waals surface area contributed by atoms with Crippen LogP contribution in [0.3, 0.4) is 0 Å². The Bertz CT molecular complexity index is 347. The standard InChI is InChI=1S/C14H25N3O2/c1-3-7-14(8-4-9-15-14)13(19)16-10(2)12(18)17-11-5-6-11/h10-11,15H,3-9H2,1-2H3,(H,16,19)(H,17,18). The molecular weight excluding hydrogens is 242 g/mol. The van der Waals surface area contributed by atoms with E-state index >= 15 is 0 Å². The van der Waals surface area contributed by atoms with Crippen LogP contribution in [0.25, 0.3) is 0 Å². The maximum Gasteiger partial charge on any atom is 0.242 e. The first kappa shape index (κ1) is 14.3. The fraction of sp³-hybridized carbons (Fsp3) is 0.857. The van der Waals surface area contributed by atoms with Gasteiger partial charge >= 0.3 is 0 Å². The first-order valence-electron chi connectivity index (χ1n) is 7.44. The lowest BCUT2D eigenvalue weighted by Crippen LogP contribution is -2.57. The van der Waals surface area contributed by atoms with Gasteiger partial charge in [-0.2, -0.15) is 0 Å². The number of hydrogen-bond donors (Lipinski definition) is 3. The Morgan fingerprint density at radius 3 is 2.68 bits per heavy atom. The number of rotatable bonds is 6. The fourth-order valence-corrected chi connectivity index (χ4v) is 2.71. The molecule has 3 N–H and O–H groups in total. The van der Waals surface area contributed by atoms with E-state index in [1.54, 1.807) is 6.92 Å². The van der Waals surface area contributed by atoms with E-state index in [9.17, 15) is 9.59 Å². The summed E-state index contributed by atoms with van der Waals surface area (Å²) in [5.74, 6) is -0.0919. The molecule has 2 amide bonds. The average Bonchev–Trinajstić information content (AvgIpc) is 3.05. The van der Waals surface area contributed by atoms with Gasteiger partial charge in [0.15, 0.2) is 0 Å². The van der Waals surface area contributed by atoms with Crippen molar-refractivity contribution in [3.05, 3.63) is 0 Å². The number of amides is 2. The van der Waals surface area contributed by atoms with Crippen LogP contribution >= 0.6 is 0 Å². The summed E-state index contributed by atoms with van der Waals surface area (Å²) in [7, 11) is 0. The first-order chi connectivity index (χ1) is 9.07. The summed E-state index contributed by atoms with van der Waals surface area (Å²) in [6.45, 7) is 4.72. The van der Waals surface area contributed by atoms with Crippen molar-refractivity contribution in [2.45, 2.75) is 70.0 Å². The van der Waals surface area contributed by atoms with Crippen molar-refractivity contribution >= 4 is 11.8 Å². The molecule has 5 nitrogen and oxygen atoms in total. The quantitative estimate of drug-likeness (QED) is 0.663. The van der Waals surface area contributed by atoms with E-state index in [1.807, 2.05) is 0 Å². The molecule has 2 rings (SSSR count). The molecule has 1 saturated heterocycles. The Morgan fingerprint density at radius 1 is 1.42 bits per heavy atom. The zero-order valence-corrected chi connectivity index (χ0v) is 11.9. The van der Waals surface area contributed by atoms with Gasteiger partial charge < -0.3 is 16.0 Å². The Labute approximate surface area is 114 Å². The van der Waals surface area contributed by atoms with E-state index in [-0.39, 0.29) is 11.8 Å². The molecule has 108 valence electrons. The third-order valence-electron chi connectivity index (χ3n) is 4.02. The second-order valence-corrected chi connectivity index (χ2v) is 5.84. The number of carbonyl (C=O) groups is 2. The molecule has 2 fully saturated rings. The molecule has 0 aromatic heterocycles. The zero-order valence-electron chi connectivity index (χ0n) is 11.9. The van der Waals surface area contributed by atoms with Crippen molar-refractivity contribution in [2.24, 2.45) is 0 Å². The van der Waals surface area contributed by atoms with Crippen LogP contribution in [0.15, 0.2) is 0 Å². The van der Waals surface area contributed by atoms with Gasteiger partial charge in [-0.15, -0.1) is 0 Å². The van der Waals surface area contributed by atoms with E-state index in [4.69, 9.17) is 0 Å². The Balaban J connectivity index is 1.88. The van der Waals surface area contributed by atoms with Gasteiger partial charge in [0, 0.05) is 6.04 Å². The third-order valence-corrected chi connectivity index (χ3v) is 4.02. The Kier molecular flexibility index (Phi) is 4.45. The highest BCUT2D eigenvalue weighted by molar-refractivity contribution is 5.92. The molecule has 0 radical (unpaired) electrons. The Morgan fingerprint density at radius 2 is 2.16 bits per heavy atom. The molecule has 2 atom stereocenters. The van der Waals surface area contributed by atoms with Crippen LogP contribution in [0.1, 0.15) is 52.4 Å². The first-order valence-corrected chi connectivity index (χ1v) is 7.44. The third kappa shape index (κ3) is 3.47. The van der Waals surface area contributed by atoms with Crippen molar-refractivity contribution in [1.29, 1.82) is 0 Å². The molecule has 1 aliphatic carbocycles. The van der Waals surface area contributed by atoms with Crippen molar-refractivity contribution < 1.29 is 9.59 Å². The fourth-order valence-electron chi connectivity index (χ4n) is 2.71. The molecule has 5 heteroatoms. The summed E-state index contributed by atoms with van der Waals surface area (Å²) in [5, 5.41) is 9.11. The van der Waals surface area contributed by atoms with E-state index in [0.717, 1.165) is 45.1 Å². The molecule has 2 unspecified atom stereocenters. The van der Waals surface area contributed by atoms with Crippen LogP contribution in [-0.2, 0) is 9.59 Å². The normalized spacial score (nSPS) is 27.9. The summed E-state index contributed by atoms with van der Waals surface area (Å²) in [4.78, 5) is 24.3. The molecule has 1 heterocycles. The molecule has 0 spiro atoms. The van der Waals surface area contributed by atoms with Gasteiger partial charge in [-0.1, -0.05) is 13.3 Å². The lowest BCUT2D eigenvalue weighted by Gasteiger charge is -2.29. The summed E-state index contributed by atoms with van der Waals surface area (Å²) < 4.78 is 0. The molecule has 0 aromatic rings. The lowest BCUT2D eigenvalue weighted by atomic mass is 9.90. The van der Waals surface area contributed by atoms with Gasteiger partial charge in [-0.3, -0.25) is 9.59 Å². The zero-order chi connectivity index (χ0) is 13.9. The minimum atomic E-state index is -0.455. The highest BCUT2D eigenvalue weighted by Crippen LogP contribution is 2.25.